The van der Waals surface area contributed by atoms with Gasteiger partial charge in [0.15, 0.2) is 0 Å². The molecule has 1 aliphatic rings. The van der Waals surface area contributed by atoms with Crippen molar-refractivity contribution < 1.29 is 4.74 Å². The lowest BCUT2D eigenvalue weighted by Gasteiger charge is -2.22. The summed E-state index contributed by atoms with van der Waals surface area (Å²) in [6.07, 6.45) is 9.39. The molecular formula is C18H29NO. The molecule has 2 nitrogen and oxygen atoms in total. The first-order chi connectivity index (χ1) is 9.90. The van der Waals surface area contributed by atoms with E-state index in [0.29, 0.717) is 0 Å². The summed E-state index contributed by atoms with van der Waals surface area (Å²) >= 11 is 0. The molecule has 0 aliphatic heterocycles. The number of unbranched alkanes of at least 4 members (excludes halogenated alkanes) is 1. The largest absolute Gasteiger partial charge is 0.493 e. The van der Waals surface area contributed by atoms with Crippen molar-refractivity contribution >= 4 is 0 Å². The molecule has 0 radical (unpaired) electrons. The average Bonchev–Trinajstić information content (AvgIpc) is 2.50. The summed E-state index contributed by atoms with van der Waals surface area (Å²) in [6, 6.07) is 8.43. The second kappa shape index (κ2) is 9.02. The fourth-order valence-corrected chi connectivity index (χ4v) is 2.92. The van der Waals surface area contributed by atoms with Crippen LogP contribution in [0.5, 0.6) is 5.75 Å². The average molecular weight is 275 g/mol. The first-order valence-electron chi connectivity index (χ1n) is 8.31. The highest BCUT2D eigenvalue weighted by atomic mass is 16.5. The van der Waals surface area contributed by atoms with E-state index in [2.05, 4.69) is 36.5 Å². The SMILES string of the molecule is CCCCOc1ccccc1CNCC1CCCCC1. The van der Waals surface area contributed by atoms with E-state index in [0.717, 1.165) is 37.8 Å². The molecular weight excluding hydrogens is 246 g/mol. The minimum Gasteiger partial charge on any atom is -0.493 e. The van der Waals surface area contributed by atoms with Crippen LogP contribution in [0.1, 0.15) is 57.4 Å². The molecule has 0 spiro atoms. The molecule has 1 fully saturated rings. The van der Waals surface area contributed by atoms with Crippen molar-refractivity contribution in [3.8, 4) is 5.75 Å². The van der Waals surface area contributed by atoms with Crippen LogP contribution in [0.2, 0.25) is 0 Å². The van der Waals surface area contributed by atoms with Gasteiger partial charge in [0, 0.05) is 12.1 Å². The van der Waals surface area contributed by atoms with Crippen LogP contribution in [0.4, 0.5) is 0 Å². The molecule has 1 aliphatic carbocycles. The van der Waals surface area contributed by atoms with Crippen molar-refractivity contribution in [1.82, 2.24) is 5.32 Å². The fraction of sp³-hybridized carbons (Fsp3) is 0.667. The van der Waals surface area contributed by atoms with Gasteiger partial charge in [-0.1, -0.05) is 50.8 Å². The Morgan fingerprint density at radius 1 is 1.15 bits per heavy atom. The Morgan fingerprint density at radius 2 is 1.95 bits per heavy atom. The van der Waals surface area contributed by atoms with Gasteiger partial charge in [-0.3, -0.25) is 0 Å². The van der Waals surface area contributed by atoms with Crippen LogP contribution >= 0.6 is 0 Å². The van der Waals surface area contributed by atoms with Gasteiger partial charge in [-0.05, 0) is 37.8 Å². The van der Waals surface area contributed by atoms with E-state index in [-0.39, 0.29) is 0 Å². The van der Waals surface area contributed by atoms with Gasteiger partial charge in [-0.2, -0.15) is 0 Å². The Hall–Kier alpha value is -1.02. The Bertz CT molecular complexity index is 371. The number of rotatable bonds is 8. The molecule has 2 heteroatoms. The minimum absolute atomic E-state index is 0.830. The maximum Gasteiger partial charge on any atom is 0.123 e. The lowest BCUT2D eigenvalue weighted by Crippen LogP contribution is -2.24. The first kappa shape index (κ1) is 15.4. The van der Waals surface area contributed by atoms with E-state index < -0.39 is 0 Å². The van der Waals surface area contributed by atoms with Gasteiger partial charge in [-0.25, -0.2) is 0 Å². The molecule has 1 aromatic rings. The maximum absolute atomic E-state index is 5.88. The highest BCUT2D eigenvalue weighted by molar-refractivity contribution is 5.33. The predicted octanol–water partition coefficient (Wildman–Crippen LogP) is 4.54. The Balaban J connectivity index is 1.76. The molecule has 0 amide bonds. The molecule has 0 aromatic heterocycles. The molecule has 112 valence electrons. The summed E-state index contributed by atoms with van der Waals surface area (Å²) in [5, 5.41) is 3.62. The summed E-state index contributed by atoms with van der Waals surface area (Å²) in [4.78, 5) is 0. The zero-order chi connectivity index (χ0) is 14.0. The zero-order valence-corrected chi connectivity index (χ0v) is 12.9. The maximum atomic E-state index is 5.88. The second-order valence-corrected chi connectivity index (χ2v) is 5.94. The molecule has 0 unspecified atom stereocenters. The van der Waals surface area contributed by atoms with Crippen LogP contribution in [0.15, 0.2) is 24.3 Å². The molecule has 0 atom stereocenters. The van der Waals surface area contributed by atoms with Gasteiger partial charge in [0.25, 0.3) is 0 Å². The Morgan fingerprint density at radius 3 is 2.75 bits per heavy atom. The monoisotopic (exact) mass is 275 g/mol. The van der Waals surface area contributed by atoms with Gasteiger partial charge >= 0.3 is 0 Å². The molecule has 1 aromatic carbocycles. The number of hydrogen-bond donors (Lipinski definition) is 1. The lowest BCUT2D eigenvalue weighted by atomic mass is 9.89. The molecule has 0 saturated heterocycles. The first-order valence-corrected chi connectivity index (χ1v) is 8.31. The summed E-state index contributed by atoms with van der Waals surface area (Å²) in [7, 11) is 0. The van der Waals surface area contributed by atoms with E-state index in [1.807, 2.05) is 0 Å². The fourth-order valence-electron chi connectivity index (χ4n) is 2.92. The van der Waals surface area contributed by atoms with Crippen molar-refractivity contribution in [3.05, 3.63) is 29.8 Å². The third-order valence-corrected chi connectivity index (χ3v) is 4.20. The summed E-state index contributed by atoms with van der Waals surface area (Å²) in [6.45, 7) is 5.11. The molecule has 2 rings (SSSR count). The van der Waals surface area contributed by atoms with Gasteiger partial charge in [0.1, 0.15) is 5.75 Å². The van der Waals surface area contributed by atoms with Crippen molar-refractivity contribution in [2.24, 2.45) is 5.92 Å². The minimum atomic E-state index is 0.830. The van der Waals surface area contributed by atoms with Gasteiger partial charge < -0.3 is 10.1 Å². The van der Waals surface area contributed by atoms with Gasteiger partial charge in [0.05, 0.1) is 6.61 Å². The van der Waals surface area contributed by atoms with E-state index >= 15 is 0 Å². The molecule has 20 heavy (non-hydrogen) atoms. The number of para-hydroxylation sites is 1. The van der Waals surface area contributed by atoms with E-state index in [1.165, 1.54) is 44.1 Å². The molecule has 1 N–H and O–H groups in total. The molecule has 0 heterocycles. The van der Waals surface area contributed by atoms with Crippen molar-refractivity contribution in [1.29, 1.82) is 0 Å². The van der Waals surface area contributed by atoms with Crippen LogP contribution in [-0.2, 0) is 6.54 Å². The number of hydrogen-bond acceptors (Lipinski definition) is 2. The zero-order valence-electron chi connectivity index (χ0n) is 12.9. The Labute approximate surface area is 123 Å². The van der Waals surface area contributed by atoms with Crippen LogP contribution < -0.4 is 10.1 Å². The molecule has 1 saturated carbocycles. The number of benzene rings is 1. The van der Waals surface area contributed by atoms with Crippen LogP contribution in [-0.4, -0.2) is 13.2 Å². The van der Waals surface area contributed by atoms with Crippen LogP contribution in [0.3, 0.4) is 0 Å². The lowest BCUT2D eigenvalue weighted by molar-refractivity contribution is 0.303. The second-order valence-electron chi connectivity index (χ2n) is 5.94. The van der Waals surface area contributed by atoms with Crippen molar-refractivity contribution in [2.75, 3.05) is 13.2 Å². The highest BCUT2D eigenvalue weighted by Crippen LogP contribution is 2.23. The van der Waals surface area contributed by atoms with E-state index in [4.69, 9.17) is 4.74 Å². The van der Waals surface area contributed by atoms with Gasteiger partial charge in [-0.15, -0.1) is 0 Å². The van der Waals surface area contributed by atoms with Crippen molar-refractivity contribution in [3.63, 3.8) is 0 Å². The summed E-state index contributed by atoms with van der Waals surface area (Å²) in [5.41, 5.74) is 1.29. The van der Waals surface area contributed by atoms with Gasteiger partial charge in [0.2, 0.25) is 0 Å². The topological polar surface area (TPSA) is 21.3 Å². The third kappa shape index (κ3) is 5.16. The highest BCUT2D eigenvalue weighted by Gasteiger charge is 2.12. The number of ether oxygens (including phenoxy) is 1. The van der Waals surface area contributed by atoms with E-state index in [9.17, 15) is 0 Å². The van der Waals surface area contributed by atoms with Crippen LogP contribution in [0, 0.1) is 5.92 Å². The third-order valence-electron chi connectivity index (χ3n) is 4.20. The van der Waals surface area contributed by atoms with E-state index in [1.54, 1.807) is 0 Å². The van der Waals surface area contributed by atoms with Crippen molar-refractivity contribution in [2.45, 2.75) is 58.4 Å². The standard InChI is InChI=1S/C18H29NO/c1-2-3-13-20-18-12-8-7-11-17(18)15-19-14-16-9-5-4-6-10-16/h7-8,11-12,16,19H,2-6,9-10,13-15H2,1H3. The normalized spacial score (nSPS) is 16.2. The number of nitrogens with one attached hydrogen (secondary N) is 1. The quantitative estimate of drug-likeness (QED) is 0.703. The predicted molar refractivity (Wildman–Crippen MR) is 85.1 cm³/mol. The summed E-state index contributed by atoms with van der Waals surface area (Å²) < 4.78 is 5.88. The Kier molecular flexibility index (Phi) is 6.93. The molecule has 0 bridgehead atoms. The van der Waals surface area contributed by atoms with Crippen LogP contribution in [0.25, 0.3) is 0 Å². The summed E-state index contributed by atoms with van der Waals surface area (Å²) in [5.74, 6) is 1.94. The smallest absolute Gasteiger partial charge is 0.123 e.